The molecule has 0 saturated carbocycles. The maximum atomic E-state index is 5.49. The van der Waals surface area contributed by atoms with Crippen molar-refractivity contribution in [3.05, 3.63) is 23.3 Å². The van der Waals surface area contributed by atoms with Gasteiger partial charge in [-0.3, -0.25) is 0 Å². The molecule has 0 heterocycles. The van der Waals surface area contributed by atoms with Crippen LogP contribution in [0.4, 0.5) is 0 Å². The normalized spacial score (nSPS) is 23.0. The topological polar surface area (TPSA) is 9.23 Å². The highest BCUT2D eigenvalue weighted by molar-refractivity contribution is 5.28. The Balaban J connectivity index is 2.79. The number of rotatable bonds is 3. The highest BCUT2D eigenvalue weighted by Crippen LogP contribution is 2.27. The molecular weight excluding hydrogens is 160 g/mol. The van der Waals surface area contributed by atoms with Gasteiger partial charge in [-0.2, -0.15) is 0 Å². The lowest BCUT2D eigenvalue weighted by Gasteiger charge is -2.26. The van der Waals surface area contributed by atoms with Crippen molar-refractivity contribution in [2.24, 2.45) is 5.92 Å². The van der Waals surface area contributed by atoms with Crippen LogP contribution >= 0.6 is 0 Å². The molecule has 1 rings (SSSR count). The molecule has 1 aliphatic carbocycles. The molecule has 1 heteroatoms. The molecule has 0 aromatic rings. The van der Waals surface area contributed by atoms with Crippen LogP contribution < -0.4 is 0 Å². The van der Waals surface area contributed by atoms with Crippen molar-refractivity contribution >= 4 is 0 Å². The van der Waals surface area contributed by atoms with Crippen molar-refractivity contribution in [1.82, 2.24) is 0 Å². The maximum absolute atomic E-state index is 5.49. The molecule has 0 saturated heterocycles. The molecule has 74 valence electrons. The van der Waals surface area contributed by atoms with E-state index in [1.54, 1.807) is 7.11 Å². The second kappa shape index (κ2) is 4.61. The van der Waals surface area contributed by atoms with Gasteiger partial charge in [-0.15, -0.1) is 0 Å². The van der Waals surface area contributed by atoms with Crippen molar-refractivity contribution in [2.45, 2.75) is 39.7 Å². The molecule has 0 fully saturated rings. The van der Waals surface area contributed by atoms with Gasteiger partial charge in [-0.05, 0) is 24.3 Å². The van der Waals surface area contributed by atoms with Crippen LogP contribution in [0.5, 0.6) is 0 Å². The number of methoxy groups -OCH3 is 1. The first-order valence-corrected chi connectivity index (χ1v) is 5.11. The van der Waals surface area contributed by atoms with Gasteiger partial charge < -0.3 is 4.74 Å². The Bertz CT molecular complexity index is 223. The monoisotopic (exact) mass is 180 g/mol. The van der Waals surface area contributed by atoms with Crippen molar-refractivity contribution in [2.75, 3.05) is 7.11 Å². The Kier molecular flexibility index (Phi) is 3.73. The van der Waals surface area contributed by atoms with E-state index in [-0.39, 0.29) is 0 Å². The first kappa shape index (κ1) is 10.5. The molecule has 13 heavy (non-hydrogen) atoms. The van der Waals surface area contributed by atoms with Crippen LogP contribution in [0.1, 0.15) is 33.6 Å². The van der Waals surface area contributed by atoms with Gasteiger partial charge >= 0.3 is 0 Å². The Morgan fingerprint density at radius 3 is 2.62 bits per heavy atom. The molecule has 0 aliphatic heterocycles. The van der Waals surface area contributed by atoms with Gasteiger partial charge in [0.15, 0.2) is 0 Å². The zero-order chi connectivity index (χ0) is 9.84. The fourth-order valence-electron chi connectivity index (χ4n) is 1.79. The number of ether oxygens (including phenoxy) is 1. The molecule has 0 aromatic heterocycles. The molecule has 0 aromatic carbocycles. The summed E-state index contributed by atoms with van der Waals surface area (Å²) >= 11 is 0. The van der Waals surface area contributed by atoms with E-state index in [0.29, 0.717) is 12.0 Å². The summed E-state index contributed by atoms with van der Waals surface area (Å²) in [5, 5.41) is 0. The molecule has 1 unspecified atom stereocenters. The molecular formula is C12H20O. The van der Waals surface area contributed by atoms with E-state index in [1.807, 2.05) is 0 Å². The van der Waals surface area contributed by atoms with E-state index < -0.39 is 0 Å². The van der Waals surface area contributed by atoms with E-state index >= 15 is 0 Å². The molecule has 1 aliphatic rings. The Morgan fingerprint density at radius 1 is 1.46 bits per heavy atom. The smallest absolute Gasteiger partial charge is 0.0823 e. The van der Waals surface area contributed by atoms with Gasteiger partial charge in [0.25, 0.3) is 0 Å². The molecule has 0 radical (unpaired) electrons. The third-order valence-electron chi connectivity index (χ3n) is 2.74. The van der Waals surface area contributed by atoms with Crippen LogP contribution in [-0.2, 0) is 4.74 Å². The number of hydrogen-bond acceptors (Lipinski definition) is 1. The van der Waals surface area contributed by atoms with E-state index in [2.05, 4.69) is 32.9 Å². The third kappa shape index (κ3) is 2.44. The number of hydrogen-bond donors (Lipinski definition) is 0. The van der Waals surface area contributed by atoms with Gasteiger partial charge in [0.1, 0.15) is 0 Å². The van der Waals surface area contributed by atoms with E-state index in [0.717, 1.165) is 12.8 Å². The van der Waals surface area contributed by atoms with Crippen LogP contribution in [-0.4, -0.2) is 13.2 Å². The van der Waals surface area contributed by atoms with Crippen LogP contribution in [0.3, 0.4) is 0 Å². The summed E-state index contributed by atoms with van der Waals surface area (Å²) in [5.74, 6) is 0.597. The summed E-state index contributed by atoms with van der Waals surface area (Å²) < 4.78 is 5.49. The first-order valence-electron chi connectivity index (χ1n) is 5.11. The standard InChI is InChI=1S/C12H20O/c1-5-10-6-7-11(9(2)3)12(8-10)13-4/h6-7,9,12H,5,8H2,1-4H3. The van der Waals surface area contributed by atoms with Gasteiger partial charge in [0, 0.05) is 7.11 Å². The highest BCUT2D eigenvalue weighted by Gasteiger charge is 2.19. The van der Waals surface area contributed by atoms with E-state index in [1.165, 1.54) is 11.1 Å². The van der Waals surface area contributed by atoms with Gasteiger partial charge in [0.05, 0.1) is 6.10 Å². The van der Waals surface area contributed by atoms with Gasteiger partial charge in [-0.1, -0.05) is 38.5 Å². The molecule has 1 nitrogen and oxygen atoms in total. The fraction of sp³-hybridized carbons (Fsp3) is 0.667. The summed E-state index contributed by atoms with van der Waals surface area (Å²) in [7, 11) is 1.81. The van der Waals surface area contributed by atoms with E-state index in [4.69, 9.17) is 4.74 Å². The number of allylic oxidation sites excluding steroid dienone is 2. The summed E-state index contributed by atoms with van der Waals surface area (Å²) in [4.78, 5) is 0. The van der Waals surface area contributed by atoms with Crippen molar-refractivity contribution in [3.8, 4) is 0 Å². The minimum absolute atomic E-state index is 0.319. The van der Waals surface area contributed by atoms with Crippen LogP contribution in [0.25, 0.3) is 0 Å². The molecule has 1 atom stereocenters. The molecule has 0 spiro atoms. The largest absolute Gasteiger partial charge is 0.377 e. The van der Waals surface area contributed by atoms with Crippen molar-refractivity contribution in [1.29, 1.82) is 0 Å². The minimum atomic E-state index is 0.319. The second-order valence-corrected chi connectivity index (χ2v) is 3.93. The minimum Gasteiger partial charge on any atom is -0.377 e. The molecule has 0 bridgehead atoms. The average molecular weight is 180 g/mol. The summed E-state index contributed by atoms with van der Waals surface area (Å²) in [6, 6.07) is 0. The zero-order valence-electron chi connectivity index (χ0n) is 9.13. The fourth-order valence-corrected chi connectivity index (χ4v) is 1.79. The average Bonchev–Trinajstić information content (AvgIpc) is 2.16. The van der Waals surface area contributed by atoms with Crippen LogP contribution in [0.2, 0.25) is 0 Å². The molecule has 0 N–H and O–H groups in total. The Labute approximate surface area is 81.5 Å². The first-order chi connectivity index (χ1) is 6.19. The quantitative estimate of drug-likeness (QED) is 0.647. The van der Waals surface area contributed by atoms with Crippen LogP contribution in [0.15, 0.2) is 23.3 Å². The lowest BCUT2D eigenvalue weighted by molar-refractivity contribution is 0.122. The Morgan fingerprint density at radius 2 is 2.15 bits per heavy atom. The summed E-state index contributed by atoms with van der Waals surface area (Å²) in [6.45, 7) is 6.65. The van der Waals surface area contributed by atoms with E-state index in [9.17, 15) is 0 Å². The van der Waals surface area contributed by atoms with Crippen molar-refractivity contribution < 1.29 is 4.74 Å². The Hall–Kier alpha value is -0.560. The van der Waals surface area contributed by atoms with Crippen molar-refractivity contribution in [3.63, 3.8) is 0 Å². The lowest BCUT2D eigenvalue weighted by Crippen LogP contribution is -2.20. The summed E-state index contributed by atoms with van der Waals surface area (Å²) in [5.41, 5.74) is 2.93. The summed E-state index contributed by atoms with van der Waals surface area (Å²) in [6.07, 6.45) is 7.03. The highest BCUT2D eigenvalue weighted by atomic mass is 16.5. The SMILES string of the molecule is CCC1=CC=C(C(C)C)C(OC)C1. The maximum Gasteiger partial charge on any atom is 0.0823 e. The van der Waals surface area contributed by atoms with Gasteiger partial charge in [-0.25, -0.2) is 0 Å². The molecule has 0 amide bonds. The third-order valence-corrected chi connectivity index (χ3v) is 2.74. The second-order valence-electron chi connectivity index (χ2n) is 3.93. The lowest BCUT2D eigenvalue weighted by atomic mass is 9.88. The van der Waals surface area contributed by atoms with Gasteiger partial charge in [0.2, 0.25) is 0 Å². The zero-order valence-corrected chi connectivity index (χ0v) is 9.13. The van der Waals surface area contributed by atoms with Crippen LogP contribution in [0, 0.1) is 5.92 Å². The predicted octanol–water partition coefficient (Wildman–Crippen LogP) is 3.32. The predicted molar refractivity (Wildman–Crippen MR) is 56.7 cm³/mol.